The molecule has 0 atom stereocenters. The maximum absolute atomic E-state index is 4.58. The van der Waals surface area contributed by atoms with E-state index in [1.807, 2.05) is 221 Å². The van der Waals surface area contributed by atoms with Crippen LogP contribution in [0.15, 0.2) is 212 Å². The standard InChI is InChI=1S/C14H10.C10H8.C5H5N.C4H5N.C4H4O.C3H3N3.12C2H6.5CH4/c1-2-6-12-10-14-8-4-3-7-13(14)9-11(12)5-1;1-2-6-10-8-4-3-7-9(10)5-1;1-2-4-6-5-3-1;2*1-2-4-5-3-1;1-4-2-6-3-5-1;12*1-2;;;;;/h1-10H;1-8H;1-5H;1-5H;1-4H;1-3H;12*1-2H3;5*1H4. The number of aromatic nitrogens is 5. The molecule has 4 heterocycles. The van der Waals surface area contributed by atoms with Crippen molar-refractivity contribution in [1.29, 1.82) is 0 Å². The molecule has 0 fully saturated rings. The van der Waals surface area contributed by atoms with Crippen molar-refractivity contribution in [2.45, 2.75) is 203 Å². The molecule has 0 unspecified atom stereocenters. The molecule has 0 spiro atoms. The Hall–Kier alpha value is -6.40. The van der Waals surface area contributed by atoms with Gasteiger partial charge in [-0.05, 0) is 80.8 Å². The van der Waals surface area contributed by atoms with E-state index < -0.39 is 0 Å². The summed E-state index contributed by atoms with van der Waals surface area (Å²) in [7, 11) is 0. The lowest BCUT2D eigenvalue weighted by Gasteiger charge is -2.00. The van der Waals surface area contributed by atoms with E-state index in [1.54, 1.807) is 24.9 Å². The lowest BCUT2D eigenvalue weighted by molar-refractivity contribution is 0.567. The van der Waals surface area contributed by atoms with Crippen molar-refractivity contribution in [3.63, 3.8) is 0 Å². The van der Waals surface area contributed by atoms with E-state index in [0.717, 1.165) is 0 Å². The molecule has 5 aromatic carbocycles. The van der Waals surface area contributed by atoms with E-state index in [-0.39, 0.29) is 37.1 Å². The number of aromatic amines is 1. The van der Waals surface area contributed by atoms with Gasteiger partial charge in [0.25, 0.3) is 0 Å². The largest absolute Gasteiger partial charge is 0.473 e. The predicted molar refractivity (Wildman–Crippen MR) is 359 cm³/mol. The minimum atomic E-state index is 0. The minimum absolute atomic E-state index is 0. The van der Waals surface area contributed by atoms with Crippen LogP contribution in [-0.4, -0.2) is 24.9 Å². The summed E-state index contributed by atoms with van der Waals surface area (Å²) >= 11 is 0. The monoisotopic (exact) mass is 1040 g/mol. The number of pyridine rings is 1. The number of nitrogens with one attached hydrogen (secondary N) is 1. The SMILES string of the molecule is C.C.C.C.C.CC.CC.CC.CC.CC.CC.CC.CC.CC.CC.CC.CC.c1cc[nH]c1.c1ccc2cc3ccccc3cc2c1.c1ccc2ccccc2c1.c1ccncc1.c1ccoc1.c1ncncn1. The highest BCUT2D eigenvalue weighted by Crippen LogP contribution is 2.22. The Bertz CT molecular complexity index is 1690. The molecule has 6 heteroatoms. The van der Waals surface area contributed by atoms with Gasteiger partial charge in [0.15, 0.2) is 0 Å². The molecular formula is C69H127N5O. The highest BCUT2D eigenvalue weighted by molar-refractivity contribution is 5.98. The summed E-state index contributed by atoms with van der Waals surface area (Å²) in [5.41, 5.74) is 0. The van der Waals surface area contributed by atoms with Crippen molar-refractivity contribution in [2.75, 3.05) is 0 Å². The molecule has 4 aromatic heterocycles. The number of nitrogens with zero attached hydrogens (tertiary/aromatic N) is 4. The van der Waals surface area contributed by atoms with Crippen LogP contribution in [-0.2, 0) is 0 Å². The van der Waals surface area contributed by atoms with Gasteiger partial charge in [-0.15, -0.1) is 0 Å². The van der Waals surface area contributed by atoms with Gasteiger partial charge in [0.2, 0.25) is 0 Å². The second kappa shape index (κ2) is 113. The molecule has 75 heavy (non-hydrogen) atoms. The first kappa shape index (κ1) is 105. The van der Waals surface area contributed by atoms with Crippen LogP contribution in [0.2, 0.25) is 0 Å². The van der Waals surface area contributed by atoms with Gasteiger partial charge in [-0.1, -0.05) is 306 Å². The summed E-state index contributed by atoms with van der Waals surface area (Å²) in [5.74, 6) is 0. The molecule has 0 aliphatic heterocycles. The van der Waals surface area contributed by atoms with Crippen LogP contribution >= 0.6 is 0 Å². The Labute approximate surface area is 470 Å². The molecule has 9 aromatic rings. The number of rotatable bonds is 0. The third kappa shape index (κ3) is 71.9. The average Bonchev–Trinajstić information content (AvgIpc) is 4.33. The molecule has 0 radical (unpaired) electrons. The highest BCUT2D eigenvalue weighted by Gasteiger charge is 1.95. The second-order valence-electron chi connectivity index (χ2n) is 9.39. The zero-order valence-corrected chi connectivity index (χ0v) is 49.3. The fraction of sp³-hybridized carbons (Fsp3) is 0.420. The van der Waals surface area contributed by atoms with Crippen LogP contribution in [0, 0.1) is 0 Å². The number of hydrogen-bond acceptors (Lipinski definition) is 5. The molecule has 0 aliphatic rings. The summed E-state index contributed by atoms with van der Waals surface area (Å²) in [5, 5.41) is 7.87. The quantitative estimate of drug-likeness (QED) is 0.153. The first-order chi connectivity index (χ1) is 34.9. The van der Waals surface area contributed by atoms with Crippen LogP contribution in [0.25, 0.3) is 32.3 Å². The molecule has 0 amide bonds. The van der Waals surface area contributed by atoms with Gasteiger partial charge >= 0.3 is 0 Å². The predicted octanol–water partition coefficient (Wildman–Crippen LogP) is 25.6. The fourth-order valence-electron chi connectivity index (χ4n) is 4.04. The van der Waals surface area contributed by atoms with Crippen LogP contribution < -0.4 is 0 Å². The zero-order chi connectivity index (χ0) is 55.7. The Morgan fingerprint density at radius 3 is 0.613 bits per heavy atom. The molecule has 1 N–H and O–H groups in total. The molecule has 0 saturated carbocycles. The van der Waals surface area contributed by atoms with Crippen molar-refractivity contribution >= 4 is 32.3 Å². The number of fused-ring (bicyclic) bond motifs is 3. The molecule has 0 saturated heterocycles. The molecule has 434 valence electrons. The smallest absolute Gasteiger partial charge is 0.119 e. The lowest BCUT2D eigenvalue weighted by atomic mass is 10.0. The van der Waals surface area contributed by atoms with Gasteiger partial charge in [-0.3, -0.25) is 4.98 Å². The Morgan fingerprint density at radius 1 is 0.253 bits per heavy atom. The number of furan rings is 1. The maximum atomic E-state index is 4.58. The zero-order valence-electron chi connectivity index (χ0n) is 49.3. The van der Waals surface area contributed by atoms with E-state index in [0.29, 0.717) is 0 Å². The molecule has 6 nitrogen and oxygen atoms in total. The van der Waals surface area contributed by atoms with Crippen LogP contribution in [0.1, 0.15) is 203 Å². The van der Waals surface area contributed by atoms with Crippen LogP contribution in [0.4, 0.5) is 0 Å². The Balaban J connectivity index is -0.0000000464. The highest BCUT2D eigenvalue weighted by atomic mass is 16.3. The normalized spacial score (nSPS) is 6.67. The second-order valence-corrected chi connectivity index (χ2v) is 9.39. The summed E-state index contributed by atoms with van der Waals surface area (Å²) in [4.78, 5) is 17.3. The first-order valence-corrected chi connectivity index (χ1v) is 26.7. The molecule has 0 bridgehead atoms. The van der Waals surface area contributed by atoms with E-state index >= 15 is 0 Å². The maximum Gasteiger partial charge on any atom is 0.119 e. The van der Waals surface area contributed by atoms with Gasteiger partial charge in [0, 0.05) is 24.8 Å². The van der Waals surface area contributed by atoms with Crippen molar-refractivity contribution in [1.82, 2.24) is 24.9 Å². The topological polar surface area (TPSA) is 80.5 Å². The molecular weight excluding hydrogens is 915 g/mol. The third-order valence-electron chi connectivity index (χ3n) is 6.16. The molecule has 0 aliphatic carbocycles. The van der Waals surface area contributed by atoms with E-state index in [2.05, 4.69) is 139 Å². The lowest BCUT2D eigenvalue weighted by Crippen LogP contribution is -1.74. The van der Waals surface area contributed by atoms with Crippen LogP contribution in [0.3, 0.4) is 0 Å². The number of hydrogen-bond donors (Lipinski definition) is 1. The number of H-pyrrole nitrogens is 1. The fourth-order valence-corrected chi connectivity index (χ4v) is 4.04. The van der Waals surface area contributed by atoms with Gasteiger partial charge in [0.05, 0.1) is 12.5 Å². The summed E-state index contributed by atoms with van der Waals surface area (Å²) in [6, 6.07) is 51.4. The minimum Gasteiger partial charge on any atom is -0.473 e. The van der Waals surface area contributed by atoms with E-state index in [1.165, 1.54) is 51.3 Å². The summed E-state index contributed by atoms with van der Waals surface area (Å²) in [6.45, 7) is 48.0. The van der Waals surface area contributed by atoms with Gasteiger partial charge < -0.3 is 9.40 Å². The Kier molecular flexibility index (Phi) is 158. The first-order valence-electron chi connectivity index (χ1n) is 26.7. The van der Waals surface area contributed by atoms with E-state index in [9.17, 15) is 0 Å². The van der Waals surface area contributed by atoms with E-state index in [4.69, 9.17) is 0 Å². The van der Waals surface area contributed by atoms with Crippen molar-refractivity contribution < 1.29 is 4.42 Å². The Morgan fingerprint density at radius 2 is 0.480 bits per heavy atom. The van der Waals surface area contributed by atoms with Crippen molar-refractivity contribution in [3.8, 4) is 0 Å². The van der Waals surface area contributed by atoms with Gasteiger partial charge in [-0.25, -0.2) is 15.0 Å². The third-order valence-corrected chi connectivity index (χ3v) is 6.16. The van der Waals surface area contributed by atoms with Gasteiger partial charge in [0.1, 0.15) is 19.0 Å². The number of benzene rings is 5. The molecule has 9 rings (SSSR count). The van der Waals surface area contributed by atoms with Crippen LogP contribution in [0.5, 0.6) is 0 Å². The van der Waals surface area contributed by atoms with Crippen molar-refractivity contribution in [3.05, 3.63) is 208 Å². The van der Waals surface area contributed by atoms with Crippen molar-refractivity contribution in [2.24, 2.45) is 0 Å². The summed E-state index contributed by atoms with van der Waals surface area (Å²) in [6.07, 6.45) is 14.8. The van der Waals surface area contributed by atoms with Gasteiger partial charge in [-0.2, -0.15) is 0 Å². The summed E-state index contributed by atoms with van der Waals surface area (Å²) < 4.78 is 4.58. The average molecular weight is 1040 g/mol.